The molecule has 2 nitrogen and oxygen atoms in total. The second-order valence-electron chi connectivity index (χ2n) is 16.5. The SMILES string of the molecule is CCCCc1ccc2c3c4[n+](ccc13)C1(CC)CC(C[n+]3ccc5ccccc5c3-c3cc(C)ccc3C)C1(CC)c1ccc(F)c(c1-4)C2(C)C. The van der Waals surface area contributed by atoms with Gasteiger partial charge in [-0.25, -0.2) is 4.39 Å². The zero-order valence-corrected chi connectivity index (χ0v) is 31.5. The molecule has 3 unspecified atom stereocenters. The minimum Gasteiger partial charge on any atom is -0.207 e. The summed E-state index contributed by atoms with van der Waals surface area (Å²) < 4.78 is 21.8. The van der Waals surface area contributed by atoms with Crippen LogP contribution < -0.4 is 9.13 Å². The number of pyridine rings is 2. The van der Waals surface area contributed by atoms with Gasteiger partial charge in [-0.1, -0.05) is 95.1 Å². The average molecular weight is 675 g/mol. The Morgan fingerprint density at radius 2 is 1.61 bits per heavy atom. The van der Waals surface area contributed by atoms with Crippen LogP contribution in [0.2, 0.25) is 0 Å². The molecule has 3 heteroatoms. The minimum absolute atomic E-state index is 0.0738. The number of hydrogen-bond acceptors (Lipinski definition) is 0. The van der Waals surface area contributed by atoms with Gasteiger partial charge in [-0.15, -0.1) is 0 Å². The molecule has 1 aliphatic heterocycles. The third kappa shape index (κ3) is 4.10. The van der Waals surface area contributed by atoms with Crippen molar-refractivity contribution in [2.75, 3.05) is 0 Å². The fourth-order valence-corrected chi connectivity index (χ4v) is 11.5. The lowest BCUT2D eigenvalue weighted by atomic mass is 9.41. The van der Waals surface area contributed by atoms with Gasteiger partial charge in [0.25, 0.3) is 0 Å². The number of hydrogen-bond donors (Lipinski definition) is 0. The van der Waals surface area contributed by atoms with Gasteiger partial charge in [-0.2, -0.15) is 9.13 Å². The molecule has 0 radical (unpaired) electrons. The Kier molecular flexibility index (Phi) is 7.22. The van der Waals surface area contributed by atoms with Crippen LogP contribution in [-0.2, 0) is 29.3 Å². The maximum absolute atomic E-state index is 16.6. The molecule has 0 bridgehead atoms. The highest BCUT2D eigenvalue weighted by atomic mass is 19.1. The first-order chi connectivity index (χ1) is 24.6. The van der Waals surface area contributed by atoms with Crippen molar-refractivity contribution in [2.45, 2.75) is 110 Å². The normalized spacial score (nSPS) is 22.2. The number of halogens is 1. The van der Waals surface area contributed by atoms with Gasteiger partial charge >= 0.3 is 0 Å². The second-order valence-corrected chi connectivity index (χ2v) is 16.5. The van der Waals surface area contributed by atoms with Gasteiger partial charge in [0.15, 0.2) is 24.5 Å². The number of nitrogens with zero attached hydrogens (tertiary/aromatic N) is 2. The lowest BCUT2D eigenvalue weighted by Gasteiger charge is -2.62. The highest BCUT2D eigenvalue weighted by molar-refractivity contribution is 6.03. The van der Waals surface area contributed by atoms with Crippen molar-refractivity contribution >= 4 is 21.5 Å². The van der Waals surface area contributed by atoms with E-state index in [0.29, 0.717) is 5.92 Å². The van der Waals surface area contributed by atoms with Crippen molar-refractivity contribution in [3.63, 3.8) is 0 Å². The Morgan fingerprint density at radius 1 is 0.804 bits per heavy atom. The Balaban J connectivity index is 1.30. The summed E-state index contributed by atoms with van der Waals surface area (Å²) >= 11 is 0. The smallest absolute Gasteiger partial charge is 0.207 e. The molecule has 3 atom stereocenters. The van der Waals surface area contributed by atoms with Crippen LogP contribution in [0.15, 0.2) is 91.3 Å². The molecule has 3 aliphatic rings. The van der Waals surface area contributed by atoms with Crippen molar-refractivity contribution in [3.05, 3.63) is 130 Å². The van der Waals surface area contributed by atoms with Crippen molar-refractivity contribution in [2.24, 2.45) is 5.92 Å². The molecule has 0 saturated heterocycles. The van der Waals surface area contributed by atoms with E-state index in [1.165, 1.54) is 84.7 Å². The first-order valence-corrected chi connectivity index (χ1v) is 19.5. The summed E-state index contributed by atoms with van der Waals surface area (Å²) in [6, 6.07) is 29.1. The van der Waals surface area contributed by atoms with Crippen molar-refractivity contribution in [3.8, 4) is 22.5 Å². The quantitative estimate of drug-likeness (QED) is 0.142. The van der Waals surface area contributed by atoms with Crippen LogP contribution in [0.5, 0.6) is 0 Å². The molecule has 3 heterocycles. The predicted octanol–water partition coefficient (Wildman–Crippen LogP) is 11.1. The average Bonchev–Trinajstić information content (AvgIpc) is 3.12. The standard InChI is InChI=1S/C48H51FN2/c1-8-11-14-32-19-20-38-41-35(32)24-26-51-45(41)42-39(21-22-40(49)43(42)46(38,6)7)48(10-3)34(28-47(48,51)9-2)29-50-25-23-33-15-12-13-16-36(33)44(50)37-27-30(4)17-18-31(37)5/h12-13,15-27,34H,8-11,14,28-29H2,1-7H3/q+2. The first kappa shape index (κ1) is 32.5. The molecular formula is C48H51FN2+2. The topological polar surface area (TPSA) is 7.76 Å². The monoisotopic (exact) mass is 674 g/mol. The molecule has 1 saturated carbocycles. The second kappa shape index (κ2) is 11.3. The maximum Gasteiger partial charge on any atom is 0.221 e. The Bertz CT molecular complexity index is 2420. The van der Waals surface area contributed by atoms with Gasteiger partial charge in [0, 0.05) is 47.4 Å². The molecular weight excluding hydrogens is 624 g/mol. The van der Waals surface area contributed by atoms with Crippen molar-refractivity contribution in [1.29, 1.82) is 0 Å². The number of benzene rings is 4. The summed E-state index contributed by atoms with van der Waals surface area (Å²) in [5, 5.41) is 5.28. The van der Waals surface area contributed by atoms with E-state index in [1.807, 2.05) is 6.07 Å². The van der Waals surface area contributed by atoms with E-state index < -0.39 is 5.41 Å². The lowest BCUT2D eigenvalue weighted by molar-refractivity contribution is -0.796. The fourth-order valence-electron chi connectivity index (χ4n) is 11.5. The number of fused-ring (bicyclic) bond motifs is 4. The predicted molar refractivity (Wildman–Crippen MR) is 208 cm³/mol. The molecule has 4 aromatic carbocycles. The Morgan fingerprint density at radius 3 is 2.39 bits per heavy atom. The molecule has 0 spiro atoms. The van der Waals surface area contributed by atoms with Crippen LogP contribution >= 0.6 is 0 Å². The van der Waals surface area contributed by atoms with Crippen LogP contribution in [0.25, 0.3) is 44.1 Å². The van der Waals surface area contributed by atoms with E-state index in [9.17, 15) is 0 Å². The third-order valence-corrected chi connectivity index (χ3v) is 13.9. The van der Waals surface area contributed by atoms with E-state index >= 15 is 4.39 Å². The zero-order valence-electron chi connectivity index (χ0n) is 31.5. The molecule has 1 fully saturated rings. The number of unbranched alkanes of at least 4 members (excludes halogenated alkanes) is 1. The Labute approximate surface area is 303 Å². The van der Waals surface area contributed by atoms with Crippen LogP contribution in [-0.4, -0.2) is 0 Å². The molecule has 258 valence electrons. The third-order valence-electron chi connectivity index (χ3n) is 13.9. The summed E-state index contributed by atoms with van der Waals surface area (Å²) in [6.45, 7) is 16.9. The summed E-state index contributed by atoms with van der Waals surface area (Å²) in [6.07, 6.45) is 11.3. The summed E-state index contributed by atoms with van der Waals surface area (Å²) in [7, 11) is 0. The van der Waals surface area contributed by atoms with Gasteiger partial charge < -0.3 is 0 Å². The van der Waals surface area contributed by atoms with E-state index in [-0.39, 0.29) is 16.8 Å². The van der Waals surface area contributed by atoms with Crippen LogP contribution in [0.1, 0.15) is 100 Å². The van der Waals surface area contributed by atoms with Crippen LogP contribution in [0.3, 0.4) is 0 Å². The van der Waals surface area contributed by atoms with Crippen molar-refractivity contribution in [1.82, 2.24) is 0 Å². The summed E-state index contributed by atoms with van der Waals surface area (Å²) in [5.74, 6) is 0.305. The largest absolute Gasteiger partial charge is 0.221 e. The number of rotatable bonds is 8. The Hall–Kier alpha value is -4.37. The van der Waals surface area contributed by atoms with Gasteiger partial charge in [0.1, 0.15) is 5.82 Å². The van der Waals surface area contributed by atoms with Crippen LogP contribution in [0, 0.1) is 25.6 Å². The van der Waals surface area contributed by atoms with Gasteiger partial charge in [0.2, 0.25) is 11.4 Å². The molecule has 9 rings (SSSR count). The maximum atomic E-state index is 16.6. The zero-order chi connectivity index (χ0) is 35.4. The minimum atomic E-state index is -0.452. The molecule has 2 aromatic heterocycles. The van der Waals surface area contributed by atoms with Gasteiger partial charge in [-0.05, 0) is 84.3 Å². The van der Waals surface area contributed by atoms with Gasteiger partial charge in [0.05, 0.1) is 21.8 Å². The summed E-state index contributed by atoms with van der Waals surface area (Å²) in [4.78, 5) is 0. The molecule has 0 N–H and O–H groups in total. The van der Waals surface area contributed by atoms with E-state index in [2.05, 4.69) is 143 Å². The highest BCUT2D eigenvalue weighted by Gasteiger charge is 2.75. The molecule has 51 heavy (non-hydrogen) atoms. The summed E-state index contributed by atoms with van der Waals surface area (Å²) in [5.41, 5.74) is 11.9. The van der Waals surface area contributed by atoms with E-state index in [0.717, 1.165) is 37.8 Å². The van der Waals surface area contributed by atoms with Gasteiger partial charge in [-0.3, -0.25) is 0 Å². The fraction of sp³-hybridized carbons (Fsp3) is 0.375. The van der Waals surface area contributed by atoms with E-state index in [1.54, 1.807) is 0 Å². The first-order valence-electron chi connectivity index (χ1n) is 19.5. The van der Waals surface area contributed by atoms with Crippen molar-refractivity contribution < 1.29 is 13.5 Å². The number of aromatic nitrogens is 2. The number of aryl methyl sites for hydroxylation is 3. The van der Waals surface area contributed by atoms with Crippen LogP contribution in [0.4, 0.5) is 4.39 Å². The molecule has 0 amide bonds. The van der Waals surface area contributed by atoms with E-state index in [4.69, 9.17) is 0 Å². The lowest BCUT2D eigenvalue weighted by Crippen LogP contribution is -2.80. The highest BCUT2D eigenvalue weighted by Crippen LogP contribution is 2.67. The molecule has 6 aromatic rings. The molecule has 2 aliphatic carbocycles.